The average molecular weight is 553 g/mol. The van der Waals surface area contributed by atoms with Gasteiger partial charge in [-0.3, -0.25) is 0 Å². The van der Waals surface area contributed by atoms with Gasteiger partial charge in [0, 0.05) is 17.2 Å². The maximum Gasteiger partial charge on any atom is 0.144 e. The Morgan fingerprint density at radius 3 is 2.20 bits per heavy atom. The molecule has 3 heteroatoms. The number of anilines is 2. The summed E-state index contributed by atoms with van der Waals surface area (Å²) in [5.41, 5.74) is 14.9. The second-order valence-corrected chi connectivity index (χ2v) is 15.8. The fourth-order valence-electron chi connectivity index (χ4n) is 11.1. The molecule has 4 fully saturated rings. The van der Waals surface area contributed by atoms with Gasteiger partial charge in [-0.2, -0.15) is 0 Å². The topological polar surface area (TPSA) is 61.3 Å². The van der Waals surface area contributed by atoms with E-state index in [1.807, 2.05) is 32.0 Å². The summed E-state index contributed by atoms with van der Waals surface area (Å²) < 4.78 is 6.68. The van der Waals surface area contributed by atoms with Crippen molar-refractivity contribution in [2.24, 2.45) is 57.7 Å². The Morgan fingerprint density at radius 2 is 1.50 bits per heavy atom. The van der Waals surface area contributed by atoms with Crippen LogP contribution in [0.1, 0.15) is 133 Å². The standard InChI is InChI=1S/C35H58N2O.C2H6/c1-22(2)9-8-10-23(3)26-13-14-27-25-12-16-31-33(4,5)32(38-30-21-24(36)11-15-29(30)37)18-20-35(31,7)28(25)17-19-34(26,27)6;1-2/h11,15,21-23,25-28,31-32H,8-10,12-14,16-20,36-37H2,1-7H3;1-2H3. The van der Waals surface area contributed by atoms with Crippen LogP contribution in [0.3, 0.4) is 0 Å². The summed E-state index contributed by atoms with van der Waals surface area (Å²) in [5, 5.41) is 0. The molecule has 0 amide bonds. The first kappa shape index (κ1) is 31.6. The lowest BCUT2D eigenvalue weighted by atomic mass is 9.41. The van der Waals surface area contributed by atoms with Crippen molar-refractivity contribution in [1.82, 2.24) is 0 Å². The predicted molar refractivity (Wildman–Crippen MR) is 173 cm³/mol. The first-order chi connectivity index (χ1) is 18.9. The first-order valence-corrected chi connectivity index (χ1v) is 17.2. The van der Waals surface area contributed by atoms with Gasteiger partial charge in [-0.05, 0) is 116 Å². The van der Waals surface area contributed by atoms with Crippen molar-refractivity contribution in [1.29, 1.82) is 0 Å². The largest absolute Gasteiger partial charge is 0.488 e. The van der Waals surface area contributed by atoms with E-state index in [-0.39, 0.29) is 11.5 Å². The van der Waals surface area contributed by atoms with Crippen LogP contribution in [0.15, 0.2) is 18.2 Å². The lowest BCUT2D eigenvalue weighted by Gasteiger charge is -2.65. The molecule has 9 unspecified atom stereocenters. The van der Waals surface area contributed by atoms with Gasteiger partial charge in [-0.15, -0.1) is 0 Å². The van der Waals surface area contributed by atoms with Crippen LogP contribution in [0.25, 0.3) is 0 Å². The quantitative estimate of drug-likeness (QED) is 0.331. The highest BCUT2D eigenvalue weighted by Crippen LogP contribution is 2.70. The molecule has 228 valence electrons. The predicted octanol–water partition coefficient (Wildman–Crippen LogP) is 10.4. The van der Waals surface area contributed by atoms with Crippen LogP contribution in [0.4, 0.5) is 11.4 Å². The third-order valence-corrected chi connectivity index (χ3v) is 13.1. The molecule has 1 aromatic carbocycles. The monoisotopic (exact) mass is 553 g/mol. The Balaban J connectivity index is 0.00000181. The second kappa shape index (κ2) is 12.1. The van der Waals surface area contributed by atoms with Crippen LogP contribution in [-0.4, -0.2) is 6.10 Å². The van der Waals surface area contributed by atoms with Crippen LogP contribution in [-0.2, 0) is 0 Å². The summed E-state index contributed by atoms with van der Waals surface area (Å²) in [6.07, 6.45) is 15.5. The SMILES string of the molecule is CC.CC(C)CCCC(C)C1CCC2C3CCC4C(C)(C)C(Oc5cc(N)ccc5N)CCC4(C)C3CCC12C. The Kier molecular flexibility index (Phi) is 9.53. The lowest BCUT2D eigenvalue weighted by molar-refractivity contribution is -0.174. The lowest BCUT2D eigenvalue weighted by Crippen LogP contribution is -2.60. The van der Waals surface area contributed by atoms with Crippen LogP contribution < -0.4 is 16.2 Å². The van der Waals surface area contributed by atoms with Gasteiger partial charge in [0.05, 0.1) is 5.69 Å². The van der Waals surface area contributed by atoms with Crippen molar-refractivity contribution < 1.29 is 4.74 Å². The molecule has 5 rings (SSSR count). The third-order valence-electron chi connectivity index (χ3n) is 13.1. The van der Waals surface area contributed by atoms with Crippen LogP contribution in [0.5, 0.6) is 5.75 Å². The minimum absolute atomic E-state index is 0.124. The van der Waals surface area contributed by atoms with E-state index in [0.29, 0.717) is 22.4 Å². The number of hydrogen-bond acceptors (Lipinski definition) is 3. The highest BCUT2D eigenvalue weighted by Gasteiger charge is 2.63. The molecule has 4 aliphatic rings. The van der Waals surface area contributed by atoms with E-state index in [1.54, 1.807) is 0 Å². The molecule has 0 radical (unpaired) electrons. The number of hydrogen-bond donors (Lipinski definition) is 2. The molecule has 0 heterocycles. The van der Waals surface area contributed by atoms with Gasteiger partial charge in [0.1, 0.15) is 11.9 Å². The molecular formula is C37H64N2O. The molecule has 0 saturated heterocycles. The summed E-state index contributed by atoms with van der Waals surface area (Å²) in [6.45, 7) is 21.7. The Morgan fingerprint density at radius 1 is 0.825 bits per heavy atom. The molecule has 4 aliphatic carbocycles. The summed E-state index contributed by atoms with van der Waals surface area (Å²) in [6, 6.07) is 5.66. The second-order valence-electron chi connectivity index (χ2n) is 15.8. The van der Waals surface area contributed by atoms with Gasteiger partial charge < -0.3 is 16.2 Å². The fraction of sp³-hybridized carbons (Fsp3) is 0.838. The van der Waals surface area contributed by atoms with Gasteiger partial charge in [-0.25, -0.2) is 0 Å². The molecule has 40 heavy (non-hydrogen) atoms. The van der Waals surface area contributed by atoms with Crippen molar-refractivity contribution in [3.05, 3.63) is 18.2 Å². The van der Waals surface area contributed by atoms with Crippen LogP contribution in [0, 0.1) is 57.7 Å². The van der Waals surface area contributed by atoms with E-state index in [9.17, 15) is 0 Å². The zero-order valence-electron chi connectivity index (χ0n) is 27.7. The van der Waals surface area contributed by atoms with Gasteiger partial charge >= 0.3 is 0 Å². The summed E-state index contributed by atoms with van der Waals surface area (Å²) in [7, 11) is 0. The molecule has 3 nitrogen and oxygen atoms in total. The first-order valence-electron chi connectivity index (χ1n) is 17.2. The summed E-state index contributed by atoms with van der Waals surface area (Å²) in [4.78, 5) is 0. The van der Waals surface area contributed by atoms with Gasteiger partial charge in [-0.1, -0.05) is 81.6 Å². The van der Waals surface area contributed by atoms with Crippen molar-refractivity contribution in [2.75, 3.05) is 11.5 Å². The Bertz CT molecular complexity index is 986. The molecule has 0 bridgehead atoms. The van der Waals surface area contributed by atoms with Crippen molar-refractivity contribution in [2.45, 2.75) is 139 Å². The number of ether oxygens (including phenoxy) is 1. The molecule has 0 spiro atoms. The van der Waals surface area contributed by atoms with Crippen LogP contribution in [0.2, 0.25) is 0 Å². The van der Waals surface area contributed by atoms with E-state index >= 15 is 0 Å². The molecule has 0 aliphatic heterocycles. The number of fused-ring (bicyclic) bond motifs is 5. The van der Waals surface area contributed by atoms with Gasteiger partial charge in [0.15, 0.2) is 0 Å². The van der Waals surface area contributed by atoms with E-state index in [4.69, 9.17) is 16.2 Å². The maximum atomic E-state index is 6.68. The summed E-state index contributed by atoms with van der Waals surface area (Å²) in [5.74, 6) is 6.90. The van der Waals surface area contributed by atoms with Gasteiger partial charge in [0.2, 0.25) is 0 Å². The van der Waals surface area contributed by atoms with Crippen molar-refractivity contribution in [3.63, 3.8) is 0 Å². The zero-order chi connectivity index (χ0) is 29.5. The van der Waals surface area contributed by atoms with Crippen LogP contribution >= 0.6 is 0 Å². The fourth-order valence-corrected chi connectivity index (χ4v) is 11.1. The number of rotatable bonds is 7. The van der Waals surface area contributed by atoms with Crippen molar-refractivity contribution >= 4 is 11.4 Å². The number of nitrogens with two attached hydrogens (primary N) is 2. The van der Waals surface area contributed by atoms with E-state index in [0.717, 1.165) is 53.4 Å². The summed E-state index contributed by atoms with van der Waals surface area (Å²) >= 11 is 0. The molecule has 4 N–H and O–H groups in total. The van der Waals surface area contributed by atoms with Gasteiger partial charge in [0.25, 0.3) is 0 Å². The Labute approximate surface area is 248 Å². The normalized spacial score (nSPS) is 38.9. The highest BCUT2D eigenvalue weighted by molar-refractivity contribution is 5.59. The minimum Gasteiger partial charge on any atom is -0.488 e. The van der Waals surface area contributed by atoms with E-state index in [2.05, 4.69) is 48.5 Å². The minimum atomic E-state index is 0.124. The highest BCUT2D eigenvalue weighted by atomic mass is 16.5. The zero-order valence-corrected chi connectivity index (χ0v) is 27.7. The molecular weight excluding hydrogens is 488 g/mol. The molecule has 1 aromatic rings. The molecule has 0 aromatic heterocycles. The number of nitrogen functional groups attached to an aromatic ring is 2. The van der Waals surface area contributed by atoms with E-state index < -0.39 is 0 Å². The smallest absolute Gasteiger partial charge is 0.144 e. The third kappa shape index (κ3) is 5.54. The maximum absolute atomic E-state index is 6.68. The number of benzene rings is 1. The molecule has 9 atom stereocenters. The van der Waals surface area contributed by atoms with Crippen molar-refractivity contribution in [3.8, 4) is 5.75 Å². The Hall–Kier alpha value is -1.38. The molecule has 4 saturated carbocycles. The van der Waals surface area contributed by atoms with E-state index in [1.165, 1.54) is 64.2 Å². The average Bonchev–Trinajstić information content (AvgIpc) is 3.26.